The largest absolute Gasteiger partial charge is 0.306 e. The van der Waals surface area contributed by atoms with Gasteiger partial charge in [0, 0.05) is 16.2 Å². The zero-order valence-corrected chi connectivity index (χ0v) is 12.7. The van der Waals surface area contributed by atoms with Gasteiger partial charge in [0.05, 0.1) is 4.47 Å². The molecule has 92 valence electrons. The first-order chi connectivity index (χ1) is 8.56. The number of hydrogen-bond donors (Lipinski definition) is 1. The second-order valence-electron chi connectivity index (χ2n) is 3.81. The van der Waals surface area contributed by atoms with E-state index in [0.29, 0.717) is 11.4 Å². The summed E-state index contributed by atoms with van der Waals surface area (Å²) in [6.07, 6.45) is 1.64. The summed E-state index contributed by atoms with van der Waals surface area (Å²) >= 11 is 6.67. The molecule has 3 nitrogen and oxygen atoms in total. The van der Waals surface area contributed by atoms with Crippen molar-refractivity contribution in [3.05, 3.63) is 56.6 Å². The maximum absolute atomic E-state index is 12.0. The van der Waals surface area contributed by atoms with E-state index in [1.165, 1.54) is 0 Å². The third-order valence-electron chi connectivity index (χ3n) is 2.32. The summed E-state index contributed by atoms with van der Waals surface area (Å²) in [5.74, 6) is 0.332. The van der Waals surface area contributed by atoms with Crippen molar-refractivity contribution in [2.45, 2.75) is 6.92 Å². The molecule has 1 aromatic carbocycles. The van der Waals surface area contributed by atoms with E-state index in [9.17, 15) is 4.79 Å². The number of nitrogens with one attached hydrogen (secondary N) is 1. The SMILES string of the molecule is Cc1cccc(C(=O)Nc2ncc(Br)cc2Br)c1. The average Bonchev–Trinajstić information content (AvgIpc) is 2.32. The second-order valence-corrected chi connectivity index (χ2v) is 5.58. The Hall–Kier alpha value is -1.20. The molecular weight excluding hydrogens is 360 g/mol. The Morgan fingerprint density at radius 3 is 2.72 bits per heavy atom. The van der Waals surface area contributed by atoms with Crippen LogP contribution in [0.15, 0.2) is 45.5 Å². The molecule has 0 unspecified atom stereocenters. The zero-order valence-electron chi connectivity index (χ0n) is 9.58. The Balaban J connectivity index is 2.21. The number of benzene rings is 1. The van der Waals surface area contributed by atoms with E-state index in [1.807, 2.05) is 31.2 Å². The lowest BCUT2D eigenvalue weighted by atomic mass is 10.1. The second kappa shape index (κ2) is 5.63. The number of aromatic nitrogens is 1. The third kappa shape index (κ3) is 3.17. The fourth-order valence-electron chi connectivity index (χ4n) is 1.47. The Kier molecular flexibility index (Phi) is 4.14. The van der Waals surface area contributed by atoms with Gasteiger partial charge in [-0.3, -0.25) is 4.79 Å². The van der Waals surface area contributed by atoms with Crippen molar-refractivity contribution in [1.29, 1.82) is 0 Å². The van der Waals surface area contributed by atoms with Crippen LogP contribution in [0.3, 0.4) is 0 Å². The molecule has 1 aromatic heterocycles. The van der Waals surface area contributed by atoms with Gasteiger partial charge in [0.25, 0.3) is 5.91 Å². The van der Waals surface area contributed by atoms with Crippen LogP contribution in [0, 0.1) is 6.92 Å². The maximum Gasteiger partial charge on any atom is 0.256 e. The predicted molar refractivity (Wildman–Crippen MR) is 78.8 cm³/mol. The molecule has 0 aliphatic heterocycles. The van der Waals surface area contributed by atoms with Crippen LogP contribution in [0.5, 0.6) is 0 Å². The van der Waals surface area contributed by atoms with Crippen LogP contribution in [0.25, 0.3) is 0 Å². The van der Waals surface area contributed by atoms with E-state index < -0.39 is 0 Å². The monoisotopic (exact) mass is 368 g/mol. The molecule has 0 fully saturated rings. The lowest BCUT2D eigenvalue weighted by molar-refractivity contribution is 0.102. The first kappa shape index (κ1) is 13.2. The van der Waals surface area contributed by atoms with Crippen molar-refractivity contribution < 1.29 is 4.79 Å². The maximum atomic E-state index is 12.0. The molecule has 1 N–H and O–H groups in total. The minimum absolute atomic E-state index is 0.172. The van der Waals surface area contributed by atoms with Gasteiger partial charge in [0.15, 0.2) is 0 Å². The molecule has 0 aliphatic rings. The highest BCUT2D eigenvalue weighted by Gasteiger charge is 2.09. The number of carbonyl (C=O) groups excluding carboxylic acids is 1. The number of pyridine rings is 1. The van der Waals surface area contributed by atoms with Gasteiger partial charge in [0.2, 0.25) is 0 Å². The highest BCUT2D eigenvalue weighted by molar-refractivity contribution is 9.11. The molecule has 18 heavy (non-hydrogen) atoms. The molecule has 2 rings (SSSR count). The standard InChI is InChI=1S/C13H10Br2N2O/c1-8-3-2-4-9(5-8)13(18)17-12-11(15)6-10(14)7-16-12/h2-7H,1H3,(H,16,17,18). The zero-order chi connectivity index (χ0) is 13.1. The number of halogens is 2. The first-order valence-corrected chi connectivity index (χ1v) is 6.84. The van der Waals surface area contributed by atoms with E-state index in [2.05, 4.69) is 42.2 Å². The van der Waals surface area contributed by atoms with Crippen LogP contribution < -0.4 is 5.32 Å². The molecule has 0 radical (unpaired) electrons. The van der Waals surface area contributed by atoms with Crippen LogP contribution in [0.2, 0.25) is 0 Å². The van der Waals surface area contributed by atoms with E-state index in [0.717, 1.165) is 14.5 Å². The molecular formula is C13H10Br2N2O. The molecule has 5 heteroatoms. The lowest BCUT2D eigenvalue weighted by Crippen LogP contribution is -2.13. The molecule has 1 amide bonds. The van der Waals surface area contributed by atoms with Crippen molar-refractivity contribution in [2.75, 3.05) is 5.32 Å². The van der Waals surface area contributed by atoms with Gasteiger partial charge in [-0.25, -0.2) is 4.98 Å². The Morgan fingerprint density at radius 2 is 2.06 bits per heavy atom. The molecule has 0 spiro atoms. The summed E-state index contributed by atoms with van der Waals surface area (Å²) in [7, 11) is 0. The number of anilines is 1. The van der Waals surface area contributed by atoms with Crippen LogP contribution >= 0.6 is 31.9 Å². The Labute approximate surface area is 122 Å². The molecule has 0 saturated heterocycles. The minimum Gasteiger partial charge on any atom is -0.306 e. The molecule has 0 atom stereocenters. The molecule has 0 bridgehead atoms. The highest BCUT2D eigenvalue weighted by atomic mass is 79.9. The van der Waals surface area contributed by atoms with Crippen LogP contribution in [-0.4, -0.2) is 10.9 Å². The van der Waals surface area contributed by atoms with Crippen LogP contribution in [0.1, 0.15) is 15.9 Å². The predicted octanol–water partition coefficient (Wildman–Crippen LogP) is 4.17. The van der Waals surface area contributed by atoms with E-state index >= 15 is 0 Å². The molecule has 0 saturated carbocycles. The lowest BCUT2D eigenvalue weighted by Gasteiger charge is -2.07. The van der Waals surface area contributed by atoms with Crippen molar-refractivity contribution in [3.8, 4) is 0 Å². The fraction of sp³-hybridized carbons (Fsp3) is 0.0769. The van der Waals surface area contributed by atoms with Gasteiger partial charge in [-0.05, 0) is 57.0 Å². The number of rotatable bonds is 2. The first-order valence-electron chi connectivity index (χ1n) is 5.25. The number of amides is 1. The highest BCUT2D eigenvalue weighted by Crippen LogP contribution is 2.23. The summed E-state index contributed by atoms with van der Waals surface area (Å²) in [5, 5.41) is 2.76. The normalized spacial score (nSPS) is 10.2. The molecule has 1 heterocycles. The fourth-order valence-corrected chi connectivity index (χ4v) is 2.56. The third-order valence-corrected chi connectivity index (χ3v) is 3.36. The van der Waals surface area contributed by atoms with E-state index in [-0.39, 0.29) is 5.91 Å². The van der Waals surface area contributed by atoms with E-state index in [1.54, 1.807) is 12.3 Å². The minimum atomic E-state index is -0.172. The van der Waals surface area contributed by atoms with Crippen molar-refractivity contribution >= 4 is 43.6 Å². The van der Waals surface area contributed by atoms with Gasteiger partial charge in [-0.15, -0.1) is 0 Å². The Morgan fingerprint density at radius 1 is 1.28 bits per heavy atom. The quantitative estimate of drug-likeness (QED) is 0.863. The Bertz CT molecular complexity index is 599. The van der Waals surface area contributed by atoms with Crippen molar-refractivity contribution in [3.63, 3.8) is 0 Å². The topological polar surface area (TPSA) is 42.0 Å². The average molecular weight is 370 g/mol. The molecule has 2 aromatic rings. The summed E-state index contributed by atoms with van der Waals surface area (Å²) in [6, 6.07) is 9.24. The number of hydrogen-bond acceptors (Lipinski definition) is 2. The van der Waals surface area contributed by atoms with Crippen molar-refractivity contribution in [2.24, 2.45) is 0 Å². The number of aryl methyl sites for hydroxylation is 1. The van der Waals surface area contributed by atoms with Gasteiger partial charge in [0.1, 0.15) is 5.82 Å². The van der Waals surface area contributed by atoms with Gasteiger partial charge in [-0.2, -0.15) is 0 Å². The summed E-state index contributed by atoms with van der Waals surface area (Å²) in [6.45, 7) is 1.95. The summed E-state index contributed by atoms with van der Waals surface area (Å²) < 4.78 is 1.58. The summed E-state index contributed by atoms with van der Waals surface area (Å²) in [5.41, 5.74) is 1.66. The van der Waals surface area contributed by atoms with E-state index in [4.69, 9.17) is 0 Å². The van der Waals surface area contributed by atoms with Crippen molar-refractivity contribution in [1.82, 2.24) is 4.98 Å². The number of nitrogens with zero attached hydrogens (tertiary/aromatic N) is 1. The van der Waals surface area contributed by atoms with Crippen LogP contribution in [-0.2, 0) is 0 Å². The van der Waals surface area contributed by atoms with Gasteiger partial charge < -0.3 is 5.32 Å². The smallest absolute Gasteiger partial charge is 0.256 e. The van der Waals surface area contributed by atoms with Gasteiger partial charge >= 0.3 is 0 Å². The summed E-state index contributed by atoms with van der Waals surface area (Å²) in [4.78, 5) is 16.2. The van der Waals surface area contributed by atoms with Crippen LogP contribution in [0.4, 0.5) is 5.82 Å². The van der Waals surface area contributed by atoms with Gasteiger partial charge in [-0.1, -0.05) is 17.7 Å². The number of carbonyl (C=O) groups is 1. The molecule has 0 aliphatic carbocycles.